The Kier molecular flexibility index (Phi) is 4.43. The molecule has 1 aromatic heterocycles. The summed E-state index contributed by atoms with van der Waals surface area (Å²) in [6, 6.07) is 5.46. The summed E-state index contributed by atoms with van der Waals surface area (Å²) in [7, 11) is 0. The third-order valence-corrected chi connectivity index (χ3v) is 3.59. The lowest BCUT2D eigenvalue weighted by molar-refractivity contribution is 0.870. The molecule has 2 rings (SSSR count). The summed E-state index contributed by atoms with van der Waals surface area (Å²) in [5.74, 6) is 0.725. The normalized spacial score (nSPS) is 12.2. The van der Waals surface area contributed by atoms with Crippen LogP contribution < -0.4 is 5.32 Å². The number of hydrogen-bond acceptors (Lipinski definition) is 3. The smallest absolute Gasteiger partial charge is 0.144 e. The van der Waals surface area contributed by atoms with Crippen molar-refractivity contribution in [2.75, 3.05) is 5.32 Å². The standard InChI is InChI=1S/C12H10BrCl2N3/c1-7(9-3-2-8(14)4-11(9)15)18-12-10(13)5-16-6-17-12/h2-7H,1H3,(H,16,17,18). The number of halogens is 3. The second-order valence-electron chi connectivity index (χ2n) is 3.75. The Morgan fingerprint density at radius 2 is 2.11 bits per heavy atom. The molecule has 1 unspecified atom stereocenters. The average molecular weight is 347 g/mol. The topological polar surface area (TPSA) is 37.8 Å². The van der Waals surface area contributed by atoms with E-state index in [0.29, 0.717) is 10.0 Å². The molecule has 3 nitrogen and oxygen atoms in total. The highest BCUT2D eigenvalue weighted by molar-refractivity contribution is 9.10. The molecule has 2 aromatic rings. The van der Waals surface area contributed by atoms with Gasteiger partial charge in [-0.3, -0.25) is 0 Å². The van der Waals surface area contributed by atoms with Crippen LogP contribution in [0, 0.1) is 0 Å². The van der Waals surface area contributed by atoms with Gasteiger partial charge in [0.1, 0.15) is 12.1 Å². The van der Waals surface area contributed by atoms with Gasteiger partial charge >= 0.3 is 0 Å². The van der Waals surface area contributed by atoms with Gasteiger partial charge in [0.05, 0.1) is 10.5 Å². The van der Waals surface area contributed by atoms with Crippen LogP contribution in [0.15, 0.2) is 35.2 Å². The molecular formula is C12H10BrCl2N3. The number of anilines is 1. The first-order valence-electron chi connectivity index (χ1n) is 5.25. The Bertz CT molecular complexity index is 563. The summed E-state index contributed by atoms with van der Waals surface area (Å²) < 4.78 is 0.807. The molecule has 0 aliphatic rings. The fourth-order valence-corrected chi connectivity index (χ4v) is 2.46. The molecule has 0 bridgehead atoms. The minimum absolute atomic E-state index is 0.0148. The summed E-state index contributed by atoms with van der Waals surface area (Å²) in [6.45, 7) is 2.00. The molecule has 0 aliphatic carbocycles. The van der Waals surface area contributed by atoms with Crippen molar-refractivity contribution >= 4 is 44.9 Å². The van der Waals surface area contributed by atoms with E-state index in [1.807, 2.05) is 19.1 Å². The van der Waals surface area contributed by atoms with Crippen LogP contribution in [-0.4, -0.2) is 9.97 Å². The Hall–Kier alpha value is -0.840. The molecule has 1 aromatic carbocycles. The minimum Gasteiger partial charge on any atom is -0.362 e. The SMILES string of the molecule is CC(Nc1ncncc1Br)c1ccc(Cl)cc1Cl. The zero-order chi connectivity index (χ0) is 13.1. The lowest BCUT2D eigenvalue weighted by Crippen LogP contribution is -2.09. The maximum Gasteiger partial charge on any atom is 0.144 e. The molecule has 6 heteroatoms. The number of nitrogens with zero attached hydrogens (tertiary/aromatic N) is 2. The van der Waals surface area contributed by atoms with Gasteiger partial charge in [0, 0.05) is 16.2 Å². The highest BCUT2D eigenvalue weighted by Gasteiger charge is 2.12. The van der Waals surface area contributed by atoms with E-state index in [1.54, 1.807) is 12.3 Å². The molecule has 0 saturated heterocycles. The first kappa shape index (κ1) is 13.6. The van der Waals surface area contributed by atoms with Crippen LogP contribution in [0.4, 0.5) is 5.82 Å². The largest absolute Gasteiger partial charge is 0.362 e. The van der Waals surface area contributed by atoms with Gasteiger partial charge in [-0.1, -0.05) is 29.3 Å². The van der Waals surface area contributed by atoms with E-state index in [9.17, 15) is 0 Å². The highest BCUT2D eigenvalue weighted by Crippen LogP contribution is 2.29. The maximum absolute atomic E-state index is 6.16. The Labute approximate surface area is 124 Å². The molecular weight excluding hydrogens is 337 g/mol. The molecule has 0 aliphatic heterocycles. The quantitative estimate of drug-likeness (QED) is 0.873. The van der Waals surface area contributed by atoms with Crippen molar-refractivity contribution in [3.63, 3.8) is 0 Å². The van der Waals surface area contributed by atoms with Crippen LogP contribution >= 0.6 is 39.1 Å². The number of aromatic nitrogens is 2. The lowest BCUT2D eigenvalue weighted by atomic mass is 10.1. The van der Waals surface area contributed by atoms with E-state index in [-0.39, 0.29) is 6.04 Å². The van der Waals surface area contributed by atoms with Gasteiger partial charge in [-0.05, 0) is 40.5 Å². The second kappa shape index (κ2) is 5.87. The fraction of sp³-hybridized carbons (Fsp3) is 0.167. The van der Waals surface area contributed by atoms with Crippen molar-refractivity contribution in [1.29, 1.82) is 0 Å². The molecule has 94 valence electrons. The van der Waals surface area contributed by atoms with Crippen LogP contribution in [0.25, 0.3) is 0 Å². The van der Waals surface area contributed by atoms with Crippen LogP contribution in [-0.2, 0) is 0 Å². The van der Waals surface area contributed by atoms with Crippen LogP contribution in [0.3, 0.4) is 0 Å². The number of rotatable bonds is 3. The van der Waals surface area contributed by atoms with Gasteiger partial charge in [-0.25, -0.2) is 9.97 Å². The monoisotopic (exact) mass is 345 g/mol. The maximum atomic E-state index is 6.16. The third kappa shape index (κ3) is 3.13. The van der Waals surface area contributed by atoms with E-state index >= 15 is 0 Å². The number of nitrogens with one attached hydrogen (secondary N) is 1. The van der Waals surface area contributed by atoms with E-state index in [2.05, 4.69) is 31.2 Å². The van der Waals surface area contributed by atoms with Crippen molar-refractivity contribution in [2.45, 2.75) is 13.0 Å². The predicted octanol–water partition coefficient (Wildman–Crippen LogP) is 4.72. The number of hydrogen-bond donors (Lipinski definition) is 1. The lowest BCUT2D eigenvalue weighted by Gasteiger charge is -2.17. The predicted molar refractivity (Wildman–Crippen MR) is 78.2 cm³/mol. The summed E-state index contributed by atoms with van der Waals surface area (Å²) in [5.41, 5.74) is 0.964. The van der Waals surface area contributed by atoms with Crippen molar-refractivity contribution in [1.82, 2.24) is 9.97 Å². The third-order valence-electron chi connectivity index (χ3n) is 2.45. The van der Waals surface area contributed by atoms with Crippen LogP contribution in [0.5, 0.6) is 0 Å². The Balaban J connectivity index is 2.22. The first-order chi connectivity index (χ1) is 8.58. The molecule has 0 spiro atoms. The Morgan fingerprint density at radius 3 is 2.78 bits per heavy atom. The van der Waals surface area contributed by atoms with E-state index < -0.39 is 0 Å². The molecule has 18 heavy (non-hydrogen) atoms. The minimum atomic E-state index is 0.0148. The van der Waals surface area contributed by atoms with Crippen molar-refractivity contribution < 1.29 is 0 Å². The average Bonchev–Trinajstić information content (AvgIpc) is 2.32. The van der Waals surface area contributed by atoms with E-state index in [1.165, 1.54) is 6.33 Å². The van der Waals surface area contributed by atoms with Crippen molar-refractivity contribution in [2.24, 2.45) is 0 Å². The van der Waals surface area contributed by atoms with E-state index in [4.69, 9.17) is 23.2 Å². The van der Waals surface area contributed by atoms with Gasteiger partial charge in [0.25, 0.3) is 0 Å². The van der Waals surface area contributed by atoms with Crippen molar-refractivity contribution in [3.05, 3.63) is 50.8 Å². The molecule has 0 radical (unpaired) electrons. The molecule has 1 N–H and O–H groups in total. The van der Waals surface area contributed by atoms with E-state index in [0.717, 1.165) is 15.9 Å². The zero-order valence-corrected chi connectivity index (χ0v) is 12.6. The fourth-order valence-electron chi connectivity index (χ4n) is 1.55. The molecule has 1 heterocycles. The Morgan fingerprint density at radius 1 is 1.33 bits per heavy atom. The first-order valence-corrected chi connectivity index (χ1v) is 6.80. The number of benzene rings is 1. The van der Waals surface area contributed by atoms with Gasteiger partial charge < -0.3 is 5.32 Å². The summed E-state index contributed by atoms with van der Waals surface area (Å²) in [6.07, 6.45) is 3.18. The van der Waals surface area contributed by atoms with Crippen molar-refractivity contribution in [3.8, 4) is 0 Å². The van der Waals surface area contributed by atoms with Gasteiger partial charge in [-0.15, -0.1) is 0 Å². The second-order valence-corrected chi connectivity index (χ2v) is 5.45. The van der Waals surface area contributed by atoms with Crippen LogP contribution in [0.2, 0.25) is 10.0 Å². The summed E-state index contributed by atoms with van der Waals surface area (Å²) in [5, 5.41) is 4.52. The zero-order valence-electron chi connectivity index (χ0n) is 9.49. The highest BCUT2D eigenvalue weighted by atomic mass is 79.9. The van der Waals surface area contributed by atoms with Gasteiger partial charge in [0.2, 0.25) is 0 Å². The summed E-state index contributed by atoms with van der Waals surface area (Å²) >= 11 is 15.4. The van der Waals surface area contributed by atoms with Gasteiger partial charge in [0.15, 0.2) is 0 Å². The molecule has 0 saturated carbocycles. The molecule has 0 amide bonds. The molecule has 1 atom stereocenters. The van der Waals surface area contributed by atoms with Crippen LogP contribution in [0.1, 0.15) is 18.5 Å². The molecule has 0 fully saturated rings. The summed E-state index contributed by atoms with van der Waals surface area (Å²) in [4.78, 5) is 8.07. The van der Waals surface area contributed by atoms with Gasteiger partial charge in [-0.2, -0.15) is 0 Å².